The third-order valence-corrected chi connectivity index (χ3v) is 4.40. The second-order valence-electron chi connectivity index (χ2n) is 6.69. The predicted molar refractivity (Wildman–Crippen MR) is 92.0 cm³/mol. The summed E-state index contributed by atoms with van der Waals surface area (Å²) in [6.45, 7) is -0.101. The van der Waals surface area contributed by atoms with Crippen molar-refractivity contribution in [3.63, 3.8) is 0 Å². The first-order valence-corrected chi connectivity index (χ1v) is 8.85. The number of methoxy groups -OCH3 is 1. The zero-order chi connectivity index (χ0) is 21.5. The van der Waals surface area contributed by atoms with Gasteiger partial charge in [-0.15, -0.1) is 23.4 Å². The average Bonchev–Trinajstić information content (AvgIpc) is 3.41. The van der Waals surface area contributed by atoms with Crippen molar-refractivity contribution >= 4 is 5.65 Å². The van der Waals surface area contributed by atoms with Crippen LogP contribution in [0.3, 0.4) is 0 Å². The number of halogens is 5. The molecule has 2 aromatic heterocycles. The van der Waals surface area contributed by atoms with Crippen LogP contribution in [0.25, 0.3) is 16.9 Å². The maximum Gasteiger partial charge on any atom is 0.573 e. The van der Waals surface area contributed by atoms with Crippen molar-refractivity contribution in [2.24, 2.45) is 5.92 Å². The van der Waals surface area contributed by atoms with Crippen molar-refractivity contribution in [1.29, 1.82) is 0 Å². The number of nitrogens with zero attached hydrogens (tertiary/aromatic N) is 4. The lowest BCUT2D eigenvalue weighted by Crippen LogP contribution is -2.23. The van der Waals surface area contributed by atoms with Crippen LogP contribution in [0.15, 0.2) is 30.3 Å². The molecule has 0 bridgehead atoms. The topological polar surface area (TPSA) is 70.8 Å². The van der Waals surface area contributed by atoms with Gasteiger partial charge in [-0.3, -0.25) is 0 Å². The fourth-order valence-corrected chi connectivity index (χ4v) is 2.77. The van der Waals surface area contributed by atoms with Crippen molar-refractivity contribution in [1.82, 2.24) is 19.8 Å². The summed E-state index contributed by atoms with van der Waals surface area (Å²) in [5.41, 5.74) is 0.465. The molecule has 2 heterocycles. The summed E-state index contributed by atoms with van der Waals surface area (Å²) in [4.78, 5) is 0. The van der Waals surface area contributed by atoms with Crippen molar-refractivity contribution in [2.45, 2.75) is 25.3 Å². The van der Waals surface area contributed by atoms with Gasteiger partial charge in [0.2, 0.25) is 0 Å². The monoisotopic (exact) mass is 430 g/mol. The molecule has 0 atom stereocenters. The molecule has 0 spiro atoms. The molecule has 4 rings (SSSR count). The molecule has 160 valence electrons. The number of benzene rings is 1. The zero-order valence-corrected chi connectivity index (χ0v) is 15.5. The van der Waals surface area contributed by atoms with E-state index in [-0.39, 0.29) is 35.2 Å². The van der Waals surface area contributed by atoms with Crippen LogP contribution in [-0.2, 0) is 10.8 Å². The zero-order valence-electron chi connectivity index (χ0n) is 15.5. The summed E-state index contributed by atoms with van der Waals surface area (Å²) < 4.78 is 80.8. The molecule has 1 aromatic carbocycles. The number of aromatic nitrogens is 4. The van der Waals surface area contributed by atoms with Crippen molar-refractivity contribution in [3.8, 4) is 22.8 Å². The normalized spacial score (nSPS) is 14.9. The molecule has 0 unspecified atom stereocenters. The van der Waals surface area contributed by atoms with E-state index in [4.69, 9.17) is 9.47 Å². The van der Waals surface area contributed by atoms with Gasteiger partial charge in [-0.25, -0.2) is 0 Å². The van der Waals surface area contributed by atoms with Gasteiger partial charge in [0.1, 0.15) is 11.5 Å². The highest BCUT2D eigenvalue weighted by Gasteiger charge is 2.41. The molecule has 0 saturated heterocycles. The van der Waals surface area contributed by atoms with E-state index in [0.717, 1.165) is 29.5 Å². The Hall–Kier alpha value is -3.02. The Bertz CT molecular complexity index is 1070. The van der Waals surface area contributed by atoms with E-state index >= 15 is 0 Å². The van der Waals surface area contributed by atoms with E-state index in [1.807, 2.05) is 0 Å². The average molecular weight is 430 g/mol. The minimum absolute atomic E-state index is 0.00923. The van der Waals surface area contributed by atoms with Crippen LogP contribution < -0.4 is 9.47 Å². The summed E-state index contributed by atoms with van der Waals surface area (Å²) in [6.07, 6.45) is -6.89. The minimum atomic E-state index is -4.87. The molecular weight excluding hydrogens is 415 g/mol. The van der Waals surface area contributed by atoms with Gasteiger partial charge in [0, 0.05) is 11.6 Å². The first-order valence-electron chi connectivity index (χ1n) is 8.85. The highest BCUT2D eigenvalue weighted by molar-refractivity contribution is 5.69. The van der Waals surface area contributed by atoms with Crippen LogP contribution in [0, 0.1) is 5.92 Å². The number of fused-ring (bicyclic) bond motifs is 1. The first kappa shape index (κ1) is 20.3. The first-order chi connectivity index (χ1) is 14.2. The molecule has 7 nitrogen and oxygen atoms in total. The Morgan fingerprint density at radius 3 is 2.50 bits per heavy atom. The smallest absolute Gasteiger partial charge is 0.496 e. The van der Waals surface area contributed by atoms with Crippen LogP contribution in [-0.4, -0.2) is 39.9 Å². The quantitative estimate of drug-likeness (QED) is 0.524. The molecule has 1 aliphatic rings. The van der Waals surface area contributed by atoms with Gasteiger partial charge in [-0.05, 0) is 43.0 Å². The number of hydrogen-bond donors (Lipinski definition) is 0. The van der Waals surface area contributed by atoms with Gasteiger partial charge in [0.15, 0.2) is 5.65 Å². The van der Waals surface area contributed by atoms with Gasteiger partial charge in [-0.1, -0.05) is 0 Å². The second-order valence-corrected chi connectivity index (χ2v) is 6.69. The van der Waals surface area contributed by atoms with Crippen molar-refractivity contribution < 1.29 is 36.2 Å². The SMILES string of the molecule is COc1cc(OC(F)(F)F)ccc1-c1ccc2nnc(C(F)(F)OCC3CC3)n2n1. The van der Waals surface area contributed by atoms with Gasteiger partial charge in [-0.2, -0.15) is 18.4 Å². The standard InChI is InChI=1S/C18H15F5N4O3/c1-28-14-8-11(30-18(21,22)23)4-5-12(14)13-6-7-15-24-25-16(27(15)26-13)17(19,20)29-9-10-2-3-10/h4-8,10H,2-3,9H2,1H3. The summed E-state index contributed by atoms with van der Waals surface area (Å²) in [7, 11) is 1.25. The molecule has 1 saturated carbocycles. The number of alkyl halides is 5. The Kier molecular flexibility index (Phi) is 4.96. The van der Waals surface area contributed by atoms with Gasteiger partial charge in [0.25, 0.3) is 5.82 Å². The van der Waals surface area contributed by atoms with Crippen LogP contribution in [0.4, 0.5) is 22.0 Å². The van der Waals surface area contributed by atoms with E-state index in [2.05, 4.69) is 20.0 Å². The lowest BCUT2D eigenvalue weighted by molar-refractivity contribution is -0.274. The molecule has 0 radical (unpaired) electrons. The number of hydrogen-bond acceptors (Lipinski definition) is 6. The fraction of sp³-hybridized carbons (Fsp3) is 0.389. The summed E-state index contributed by atoms with van der Waals surface area (Å²) in [5.74, 6) is -1.17. The van der Waals surface area contributed by atoms with E-state index in [9.17, 15) is 22.0 Å². The molecule has 30 heavy (non-hydrogen) atoms. The highest BCUT2D eigenvalue weighted by Crippen LogP contribution is 2.36. The summed E-state index contributed by atoms with van der Waals surface area (Å²) in [5, 5.41) is 11.3. The van der Waals surface area contributed by atoms with Crippen LogP contribution in [0.5, 0.6) is 11.5 Å². The molecular formula is C18H15F5N4O3. The van der Waals surface area contributed by atoms with Gasteiger partial charge < -0.3 is 14.2 Å². The van der Waals surface area contributed by atoms with Gasteiger partial charge >= 0.3 is 12.5 Å². The van der Waals surface area contributed by atoms with Gasteiger partial charge in [0.05, 0.1) is 19.4 Å². The van der Waals surface area contributed by atoms with Crippen molar-refractivity contribution in [2.75, 3.05) is 13.7 Å². The third-order valence-electron chi connectivity index (χ3n) is 4.40. The molecule has 0 aliphatic heterocycles. The number of ether oxygens (including phenoxy) is 3. The van der Waals surface area contributed by atoms with Crippen LogP contribution in [0.2, 0.25) is 0 Å². The summed E-state index contributed by atoms with van der Waals surface area (Å²) in [6, 6.07) is 6.22. The molecule has 1 fully saturated rings. The third kappa shape index (κ3) is 4.27. The van der Waals surface area contributed by atoms with E-state index < -0.39 is 24.0 Å². The lowest BCUT2D eigenvalue weighted by Gasteiger charge is -2.15. The highest BCUT2D eigenvalue weighted by atomic mass is 19.4. The number of rotatable bonds is 7. The van der Waals surface area contributed by atoms with Crippen LogP contribution >= 0.6 is 0 Å². The summed E-state index contributed by atoms with van der Waals surface area (Å²) >= 11 is 0. The maximum absolute atomic E-state index is 14.5. The Morgan fingerprint density at radius 2 is 1.83 bits per heavy atom. The van der Waals surface area contributed by atoms with E-state index in [1.165, 1.54) is 25.3 Å². The van der Waals surface area contributed by atoms with E-state index in [0.29, 0.717) is 0 Å². The predicted octanol–water partition coefficient (Wildman–Crippen LogP) is 4.17. The molecule has 3 aromatic rings. The molecule has 12 heteroatoms. The molecule has 0 N–H and O–H groups in total. The Morgan fingerprint density at radius 1 is 1.07 bits per heavy atom. The van der Waals surface area contributed by atoms with Crippen molar-refractivity contribution in [3.05, 3.63) is 36.2 Å². The molecule has 1 aliphatic carbocycles. The Balaban J connectivity index is 1.69. The minimum Gasteiger partial charge on any atom is -0.496 e. The lowest BCUT2D eigenvalue weighted by atomic mass is 10.1. The Labute approximate surface area is 166 Å². The molecule has 0 amide bonds. The fourth-order valence-electron chi connectivity index (χ4n) is 2.77. The van der Waals surface area contributed by atoms with E-state index in [1.54, 1.807) is 0 Å². The largest absolute Gasteiger partial charge is 0.573 e. The maximum atomic E-state index is 14.5. The second kappa shape index (κ2) is 7.35. The van der Waals surface area contributed by atoms with Crippen LogP contribution in [0.1, 0.15) is 18.7 Å².